The lowest BCUT2D eigenvalue weighted by Crippen LogP contribution is -2.50. The van der Waals surface area contributed by atoms with Gasteiger partial charge in [-0.25, -0.2) is 0 Å². The van der Waals surface area contributed by atoms with Gasteiger partial charge in [0.05, 0.1) is 4.92 Å². The van der Waals surface area contributed by atoms with Crippen molar-refractivity contribution in [3.8, 4) is 0 Å². The van der Waals surface area contributed by atoms with Crippen LogP contribution in [0.25, 0.3) is 0 Å². The van der Waals surface area contributed by atoms with Crippen LogP contribution in [0.15, 0.2) is 18.2 Å². The summed E-state index contributed by atoms with van der Waals surface area (Å²) in [6, 6.07) is 5.60. The lowest BCUT2D eigenvalue weighted by Gasteiger charge is -2.37. The van der Waals surface area contributed by atoms with Crippen molar-refractivity contribution in [3.05, 3.63) is 38.9 Å². The van der Waals surface area contributed by atoms with Gasteiger partial charge < -0.3 is 5.32 Å². The highest BCUT2D eigenvalue weighted by atomic mass is 35.5. The van der Waals surface area contributed by atoms with Gasteiger partial charge >= 0.3 is 0 Å². The molecule has 1 aromatic carbocycles. The second kappa shape index (κ2) is 6.91. The molecule has 1 N–H and O–H groups in total. The van der Waals surface area contributed by atoms with Crippen LogP contribution < -0.4 is 5.32 Å². The molecular formula is C15H21ClN4O2. The van der Waals surface area contributed by atoms with Crippen molar-refractivity contribution in [3.63, 3.8) is 0 Å². The molecule has 2 aliphatic rings. The minimum absolute atomic E-state index is 0.120. The summed E-state index contributed by atoms with van der Waals surface area (Å²) < 4.78 is 0. The van der Waals surface area contributed by atoms with E-state index in [2.05, 4.69) is 15.1 Å². The number of halogens is 1. The number of rotatable bonds is 4. The molecule has 1 atom stereocenters. The average Bonchev–Trinajstić information content (AvgIpc) is 3.04. The van der Waals surface area contributed by atoms with Crippen LogP contribution in [0.3, 0.4) is 0 Å². The number of nitro benzene ring substituents is 1. The molecule has 0 aliphatic carbocycles. The Morgan fingerprint density at radius 2 is 2.09 bits per heavy atom. The van der Waals surface area contributed by atoms with Crippen LogP contribution in [0.5, 0.6) is 0 Å². The van der Waals surface area contributed by atoms with E-state index in [1.165, 1.54) is 12.5 Å². The van der Waals surface area contributed by atoms with Crippen molar-refractivity contribution in [2.24, 2.45) is 0 Å². The quantitative estimate of drug-likeness (QED) is 0.675. The first kappa shape index (κ1) is 15.7. The van der Waals surface area contributed by atoms with E-state index in [0.29, 0.717) is 17.6 Å². The zero-order valence-electron chi connectivity index (χ0n) is 12.5. The van der Waals surface area contributed by atoms with Gasteiger partial charge in [0.15, 0.2) is 0 Å². The predicted octanol–water partition coefficient (Wildman–Crippen LogP) is 1.73. The lowest BCUT2D eigenvalue weighted by atomic mass is 10.1. The second-order valence-electron chi connectivity index (χ2n) is 5.99. The van der Waals surface area contributed by atoms with E-state index >= 15 is 0 Å². The summed E-state index contributed by atoms with van der Waals surface area (Å²) in [5.41, 5.74) is 0.861. The normalized spacial score (nSPS) is 23.8. The molecule has 22 heavy (non-hydrogen) atoms. The van der Waals surface area contributed by atoms with Gasteiger partial charge in [-0.1, -0.05) is 11.6 Å². The fourth-order valence-corrected chi connectivity index (χ4v) is 3.49. The standard InChI is InChI=1S/C15H21ClN4O2/c16-13-2-1-12(15(9-13)20(21)22)11-18-5-7-19(8-6-18)14-3-4-17-10-14/h1-2,9,14,17H,3-8,10-11H2. The minimum Gasteiger partial charge on any atom is -0.315 e. The number of hydrogen-bond donors (Lipinski definition) is 1. The topological polar surface area (TPSA) is 61.7 Å². The molecule has 0 spiro atoms. The van der Waals surface area contributed by atoms with E-state index < -0.39 is 0 Å². The summed E-state index contributed by atoms with van der Waals surface area (Å²) in [7, 11) is 0. The molecule has 2 fully saturated rings. The number of nitro groups is 1. The number of nitrogens with one attached hydrogen (secondary N) is 1. The number of hydrogen-bond acceptors (Lipinski definition) is 5. The molecule has 2 saturated heterocycles. The van der Waals surface area contributed by atoms with Crippen molar-refractivity contribution < 1.29 is 4.92 Å². The fourth-order valence-electron chi connectivity index (χ4n) is 3.32. The Labute approximate surface area is 135 Å². The molecular weight excluding hydrogens is 304 g/mol. The van der Waals surface area contributed by atoms with Crippen LogP contribution in [0.4, 0.5) is 5.69 Å². The van der Waals surface area contributed by atoms with Gasteiger partial charge in [0.25, 0.3) is 5.69 Å². The van der Waals surface area contributed by atoms with Crippen LogP contribution in [0.2, 0.25) is 5.02 Å². The Balaban J connectivity index is 1.59. The van der Waals surface area contributed by atoms with E-state index in [1.54, 1.807) is 12.1 Å². The Morgan fingerprint density at radius 3 is 2.73 bits per heavy atom. The van der Waals surface area contributed by atoms with Crippen molar-refractivity contribution in [2.75, 3.05) is 39.3 Å². The third kappa shape index (κ3) is 3.57. The summed E-state index contributed by atoms with van der Waals surface area (Å²) in [6.45, 7) is 6.79. The van der Waals surface area contributed by atoms with Crippen LogP contribution in [-0.2, 0) is 6.54 Å². The number of nitrogens with zero attached hydrogens (tertiary/aromatic N) is 3. The summed E-state index contributed by atoms with van der Waals surface area (Å²) in [6.07, 6.45) is 1.22. The van der Waals surface area contributed by atoms with Crippen molar-refractivity contribution >= 4 is 17.3 Å². The van der Waals surface area contributed by atoms with E-state index in [-0.39, 0.29) is 10.6 Å². The zero-order chi connectivity index (χ0) is 15.5. The van der Waals surface area contributed by atoms with Gasteiger partial charge in [-0.15, -0.1) is 0 Å². The average molecular weight is 325 g/mol. The van der Waals surface area contributed by atoms with Gasteiger partial charge in [-0.05, 0) is 25.1 Å². The SMILES string of the molecule is O=[N+]([O-])c1cc(Cl)ccc1CN1CCN(C2CCNC2)CC1. The third-order valence-electron chi connectivity index (χ3n) is 4.60. The Bertz CT molecular complexity index is 540. The molecule has 0 aromatic heterocycles. The van der Waals surface area contributed by atoms with E-state index in [4.69, 9.17) is 11.6 Å². The molecule has 2 heterocycles. The molecule has 3 rings (SSSR count). The minimum atomic E-state index is -0.346. The first-order chi connectivity index (χ1) is 10.6. The molecule has 120 valence electrons. The molecule has 2 aliphatic heterocycles. The number of piperazine rings is 1. The highest BCUT2D eigenvalue weighted by Gasteiger charge is 2.26. The Kier molecular flexibility index (Phi) is 4.93. The van der Waals surface area contributed by atoms with Gasteiger partial charge in [-0.3, -0.25) is 19.9 Å². The first-order valence-corrected chi connectivity index (χ1v) is 8.11. The van der Waals surface area contributed by atoms with E-state index in [0.717, 1.165) is 44.8 Å². The van der Waals surface area contributed by atoms with Crippen LogP contribution in [-0.4, -0.2) is 60.0 Å². The lowest BCUT2D eigenvalue weighted by molar-refractivity contribution is -0.385. The highest BCUT2D eigenvalue weighted by Crippen LogP contribution is 2.25. The van der Waals surface area contributed by atoms with Gasteiger partial charge in [0, 0.05) is 62.0 Å². The Morgan fingerprint density at radius 1 is 1.32 bits per heavy atom. The summed E-state index contributed by atoms with van der Waals surface area (Å²) >= 11 is 5.86. The highest BCUT2D eigenvalue weighted by molar-refractivity contribution is 6.30. The zero-order valence-corrected chi connectivity index (χ0v) is 13.3. The predicted molar refractivity (Wildman–Crippen MR) is 86.2 cm³/mol. The molecule has 6 nitrogen and oxygen atoms in total. The molecule has 1 aromatic rings. The van der Waals surface area contributed by atoms with Gasteiger partial charge in [-0.2, -0.15) is 0 Å². The second-order valence-corrected chi connectivity index (χ2v) is 6.43. The largest absolute Gasteiger partial charge is 0.315 e. The van der Waals surface area contributed by atoms with Crippen molar-refractivity contribution in [2.45, 2.75) is 19.0 Å². The van der Waals surface area contributed by atoms with E-state index in [9.17, 15) is 10.1 Å². The van der Waals surface area contributed by atoms with Gasteiger partial charge in [0.1, 0.15) is 0 Å². The third-order valence-corrected chi connectivity index (χ3v) is 4.83. The molecule has 0 amide bonds. The summed E-state index contributed by atoms with van der Waals surface area (Å²) in [5, 5.41) is 15.0. The maximum Gasteiger partial charge on any atom is 0.275 e. The van der Waals surface area contributed by atoms with Crippen molar-refractivity contribution in [1.29, 1.82) is 0 Å². The molecule has 0 bridgehead atoms. The maximum atomic E-state index is 11.2. The maximum absolute atomic E-state index is 11.2. The summed E-state index contributed by atoms with van der Waals surface area (Å²) in [5.74, 6) is 0. The molecule has 0 saturated carbocycles. The van der Waals surface area contributed by atoms with Crippen LogP contribution in [0.1, 0.15) is 12.0 Å². The molecule has 1 unspecified atom stereocenters. The molecule has 7 heteroatoms. The molecule has 0 radical (unpaired) electrons. The van der Waals surface area contributed by atoms with Gasteiger partial charge in [0.2, 0.25) is 0 Å². The fraction of sp³-hybridized carbons (Fsp3) is 0.600. The van der Waals surface area contributed by atoms with Crippen LogP contribution in [0, 0.1) is 10.1 Å². The number of benzene rings is 1. The van der Waals surface area contributed by atoms with Crippen molar-refractivity contribution in [1.82, 2.24) is 15.1 Å². The first-order valence-electron chi connectivity index (χ1n) is 7.73. The van der Waals surface area contributed by atoms with Crippen LogP contribution >= 0.6 is 11.6 Å². The summed E-state index contributed by atoms with van der Waals surface area (Å²) in [4.78, 5) is 15.6. The monoisotopic (exact) mass is 324 g/mol. The van der Waals surface area contributed by atoms with E-state index in [1.807, 2.05) is 0 Å². The Hall–Kier alpha value is -1.21. The smallest absolute Gasteiger partial charge is 0.275 e.